The number of hydrogen-bond donors (Lipinski definition) is 0. The summed E-state index contributed by atoms with van der Waals surface area (Å²) >= 11 is 0. The SMILES string of the molecule is c1ccc2c(c1)CCOC21CCCCO1. The van der Waals surface area contributed by atoms with Gasteiger partial charge in [-0.25, -0.2) is 0 Å². The highest BCUT2D eigenvalue weighted by Gasteiger charge is 2.39. The van der Waals surface area contributed by atoms with E-state index >= 15 is 0 Å². The molecule has 1 fully saturated rings. The summed E-state index contributed by atoms with van der Waals surface area (Å²) in [4.78, 5) is 0. The molecule has 1 spiro atoms. The molecule has 80 valence electrons. The first-order chi connectivity index (χ1) is 7.41. The van der Waals surface area contributed by atoms with Gasteiger partial charge in [0, 0.05) is 12.0 Å². The largest absolute Gasteiger partial charge is 0.346 e. The van der Waals surface area contributed by atoms with E-state index in [1.165, 1.54) is 17.5 Å². The summed E-state index contributed by atoms with van der Waals surface area (Å²) in [6.45, 7) is 1.62. The Morgan fingerprint density at radius 2 is 1.87 bits per heavy atom. The van der Waals surface area contributed by atoms with Gasteiger partial charge in [0.2, 0.25) is 0 Å². The van der Waals surface area contributed by atoms with Gasteiger partial charge in [-0.3, -0.25) is 0 Å². The van der Waals surface area contributed by atoms with Crippen molar-refractivity contribution in [2.24, 2.45) is 0 Å². The maximum Gasteiger partial charge on any atom is 0.195 e. The molecule has 2 heteroatoms. The summed E-state index contributed by atoms with van der Waals surface area (Å²) in [5.74, 6) is -0.410. The molecule has 1 aromatic rings. The summed E-state index contributed by atoms with van der Waals surface area (Å²) in [5, 5.41) is 0. The van der Waals surface area contributed by atoms with Crippen LogP contribution in [0, 0.1) is 0 Å². The monoisotopic (exact) mass is 204 g/mol. The molecule has 0 amide bonds. The van der Waals surface area contributed by atoms with Gasteiger partial charge in [0.25, 0.3) is 0 Å². The zero-order valence-electron chi connectivity index (χ0n) is 8.87. The first-order valence-electron chi connectivity index (χ1n) is 5.77. The third kappa shape index (κ3) is 1.48. The van der Waals surface area contributed by atoms with E-state index in [0.29, 0.717) is 0 Å². The van der Waals surface area contributed by atoms with E-state index in [0.717, 1.165) is 32.5 Å². The second-order valence-electron chi connectivity index (χ2n) is 4.31. The van der Waals surface area contributed by atoms with Crippen molar-refractivity contribution in [1.82, 2.24) is 0 Å². The summed E-state index contributed by atoms with van der Waals surface area (Å²) in [5.41, 5.74) is 2.65. The minimum absolute atomic E-state index is 0.410. The molecule has 1 atom stereocenters. The van der Waals surface area contributed by atoms with Crippen LogP contribution in [-0.2, 0) is 21.7 Å². The van der Waals surface area contributed by atoms with Gasteiger partial charge >= 0.3 is 0 Å². The van der Waals surface area contributed by atoms with Gasteiger partial charge < -0.3 is 9.47 Å². The zero-order valence-corrected chi connectivity index (χ0v) is 8.87. The molecule has 0 radical (unpaired) electrons. The summed E-state index contributed by atoms with van der Waals surface area (Å²) in [6.07, 6.45) is 4.38. The number of benzene rings is 1. The topological polar surface area (TPSA) is 18.5 Å². The molecule has 2 aliphatic heterocycles. The maximum absolute atomic E-state index is 5.91. The lowest BCUT2D eigenvalue weighted by molar-refractivity contribution is -0.270. The lowest BCUT2D eigenvalue weighted by Gasteiger charge is -2.41. The highest BCUT2D eigenvalue weighted by molar-refractivity contribution is 5.33. The molecule has 1 aromatic carbocycles. The molecular weight excluding hydrogens is 188 g/mol. The highest BCUT2D eigenvalue weighted by atomic mass is 16.7. The molecule has 2 heterocycles. The highest BCUT2D eigenvalue weighted by Crippen LogP contribution is 2.40. The fraction of sp³-hybridized carbons (Fsp3) is 0.538. The fourth-order valence-electron chi connectivity index (χ4n) is 2.61. The van der Waals surface area contributed by atoms with Crippen molar-refractivity contribution in [3.63, 3.8) is 0 Å². The van der Waals surface area contributed by atoms with Crippen LogP contribution in [0.1, 0.15) is 30.4 Å². The summed E-state index contributed by atoms with van der Waals surface area (Å²) in [6, 6.07) is 8.52. The average Bonchev–Trinajstić information content (AvgIpc) is 2.31. The molecule has 2 aliphatic rings. The van der Waals surface area contributed by atoms with Gasteiger partial charge in [-0.05, 0) is 24.8 Å². The van der Waals surface area contributed by atoms with Crippen LogP contribution in [0.2, 0.25) is 0 Å². The van der Waals surface area contributed by atoms with Gasteiger partial charge in [0.05, 0.1) is 13.2 Å². The molecule has 0 aliphatic carbocycles. The Hall–Kier alpha value is -0.860. The molecule has 1 unspecified atom stereocenters. The Balaban J connectivity index is 2.04. The van der Waals surface area contributed by atoms with E-state index in [4.69, 9.17) is 9.47 Å². The van der Waals surface area contributed by atoms with E-state index in [2.05, 4.69) is 24.3 Å². The van der Waals surface area contributed by atoms with Crippen molar-refractivity contribution in [1.29, 1.82) is 0 Å². The van der Waals surface area contributed by atoms with Crippen LogP contribution < -0.4 is 0 Å². The Morgan fingerprint density at radius 1 is 1.00 bits per heavy atom. The first-order valence-corrected chi connectivity index (χ1v) is 5.77. The predicted octanol–water partition coefficient (Wildman–Crippen LogP) is 2.61. The Kier molecular flexibility index (Phi) is 2.26. The molecule has 1 saturated heterocycles. The Labute approximate surface area is 90.2 Å². The molecule has 2 nitrogen and oxygen atoms in total. The van der Waals surface area contributed by atoms with E-state index < -0.39 is 5.79 Å². The van der Waals surface area contributed by atoms with Crippen molar-refractivity contribution < 1.29 is 9.47 Å². The average molecular weight is 204 g/mol. The number of ether oxygens (including phenoxy) is 2. The van der Waals surface area contributed by atoms with Crippen molar-refractivity contribution in [2.75, 3.05) is 13.2 Å². The third-order valence-electron chi connectivity index (χ3n) is 3.37. The summed E-state index contributed by atoms with van der Waals surface area (Å²) in [7, 11) is 0. The smallest absolute Gasteiger partial charge is 0.195 e. The molecule has 0 N–H and O–H groups in total. The van der Waals surface area contributed by atoms with Crippen molar-refractivity contribution >= 4 is 0 Å². The lowest BCUT2D eigenvalue weighted by atomic mass is 9.90. The van der Waals surface area contributed by atoms with Crippen LogP contribution >= 0.6 is 0 Å². The van der Waals surface area contributed by atoms with Gasteiger partial charge in [0.15, 0.2) is 5.79 Å². The lowest BCUT2D eigenvalue weighted by Crippen LogP contribution is -2.40. The van der Waals surface area contributed by atoms with Crippen LogP contribution in [0.4, 0.5) is 0 Å². The van der Waals surface area contributed by atoms with E-state index in [-0.39, 0.29) is 0 Å². The minimum Gasteiger partial charge on any atom is -0.346 e. The predicted molar refractivity (Wildman–Crippen MR) is 57.6 cm³/mol. The van der Waals surface area contributed by atoms with E-state index in [9.17, 15) is 0 Å². The minimum atomic E-state index is -0.410. The molecule has 0 bridgehead atoms. The second kappa shape index (κ2) is 3.62. The van der Waals surface area contributed by atoms with E-state index in [1.54, 1.807) is 0 Å². The van der Waals surface area contributed by atoms with Crippen LogP contribution in [-0.4, -0.2) is 13.2 Å². The normalized spacial score (nSPS) is 30.1. The zero-order chi connectivity index (χ0) is 10.1. The van der Waals surface area contributed by atoms with Crippen LogP contribution in [0.15, 0.2) is 24.3 Å². The second-order valence-corrected chi connectivity index (χ2v) is 4.31. The number of fused-ring (bicyclic) bond motifs is 2. The van der Waals surface area contributed by atoms with Crippen LogP contribution in [0.25, 0.3) is 0 Å². The quantitative estimate of drug-likeness (QED) is 0.646. The van der Waals surface area contributed by atoms with Crippen LogP contribution in [0.3, 0.4) is 0 Å². The van der Waals surface area contributed by atoms with E-state index in [1.807, 2.05) is 0 Å². The number of hydrogen-bond acceptors (Lipinski definition) is 2. The molecular formula is C13H16O2. The Bertz CT molecular complexity index is 353. The van der Waals surface area contributed by atoms with Crippen LogP contribution in [0.5, 0.6) is 0 Å². The standard InChI is InChI=1S/C13H16O2/c1-2-6-12-11(5-1)7-10-15-13(12)8-3-4-9-14-13/h1-2,5-6H,3-4,7-10H2. The van der Waals surface area contributed by atoms with Gasteiger partial charge in [-0.1, -0.05) is 24.3 Å². The molecule has 0 saturated carbocycles. The fourth-order valence-corrected chi connectivity index (χ4v) is 2.61. The Morgan fingerprint density at radius 3 is 2.73 bits per heavy atom. The summed E-state index contributed by atoms with van der Waals surface area (Å²) < 4.78 is 11.8. The first kappa shape index (κ1) is 9.37. The van der Waals surface area contributed by atoms with Gasteiger partial charge in [-0.2, -0.15) is 0 Å². The maximum atomic E-state index is 5.91. The van der Waals surface area contributed by atoms with Gasteiger partial charge in [-0.15, -0.1) is 0 Å². The number of rotatable bonds is 0. The van der Waals surface area contributed by atoms with Crippen molar-refractivity contribution in [3.8, 4) is 0 Å². The molecule has 15 heavy (non-hydrogen) atoms. The molecule has 3 rings (SSSR count). The van der Waals surface area contributed by atoms with Crippen molar-refractivity contribution in [2.45, 2.75) is 31.5 Å². The molecule has 0 aromatic heterocycles. The van der Waals surface area contributed by atoms with Crippen molar-refractivity contribution in [3.05, 3.63) is 35.4 Å². The van der Waals surface area contributed by atoms with Gasteiger partial charge in [0.1, 0.15) is 0 Å². The third-order valence-corrected chi connectivity index (χ3v) is 3.37.